The van der Waals surface area contributed by atoms with E-state index in [1.807, 2.05) is 0 Å². The lowest BCUT2D eigenvalue weighted by Crippen LogP contribution is -2.33. The highest BCUT2D eigenvalue weighted by molar-refractivity contribution is 7.89. The normalized spacial score (nSPS) is 24.3. The number of benzene rings is 1. The fourth-order valence-electron chi connectivity index (χ4n) is 3.62. The number of amides is 1. The number of methoxy groups -OCH3 is 1. The Morgan fingerprint density at radius 3 is 2.42 bits per heavy atom. The molecule has 1 aromatic rings. The van der Waals surface area contributed by atoms with Gasteiger partial charge in [0.15, 0.2) is 0 Å². The molecule has 0 spiro atoms. The van der Waals surface area contributed by atoms with Crippen molar-refractivity contribution >= 4 is 15.9 Å². The van der Waals surface area contributed by atoms with Crippen LogP contribution < -0.4 is 15.2 Å². The zero-order chi connectivity index (χ0) is 17.3. The van der Waals surface area contributed by atoms with Crippen molar-refractivity contribution in [3.8, 4) is 5.75 Å². The van der Waals surface area contributed by atoms with Crippen LogP contribution in [0.5, 0.6) is 5.75 Å². The summed E-state index contributed by atoms with van der Waals surface area (Å²) in [6, 6.07) is 4.14. The van der Waals surface area contributed by atoms with Crippen molar-refractivity contribution < 1.29 is 17.9 Å². The first kappa shape index (κ1) is 17.2. The van der Waals surface area contributed by atoms with Gasteiger partial charge < -0.3 is 15.0 Å². The van der Waals surface area contributed by atoms with Crippen molar-refractivity contribution in [1.29, 1.82) is 0 Å². The number of nitrogens with two attached hydrogens (primary N) is 1. The van der Waals surface area contributed by atoms with Crippen molar-refractivity contribution in [3.05, 3.63) is 23.8 Å². The van der Waals surface area contributed by atoms with E-state index in [0.717, 1.165) is 25.9 Å². The molecule has 2 aliphatic rings. The summed E-state index contributed by atoms with van der Waals surface area (Å²) >= 11 is 0. The van der Waals surface area contributed by atoms with Crippen LogP contribution in [0.3, 0.4) is 0 Å². The summed E-state index contributed by atoms with van der Waals surface area (Å²) in [4.78, 5) is 14.6. The Bertz CT molecular complexity index is 721. The molecule has 0 aliphatic carbocycles. The molecule has 7 nitrogen and oxygen atoms in total. The summed E-state index contributed by atoms with van der Waals surface area (Å²) in [5.74, 6) is 1.38. The van der Waals surface area contributed by atoms with Gasteiger partial charge in [-0.1, -0.05) is 0 Å². The van der Waals surface area contributed by atoms with Gasteiger partial charge in [-0.2, -0.15) is 0 Å². The van der Waals surface area contributed by atoms with Crippen LogP contribution in [-0.4, -0.2) is 52.5 Å². The largest absolute Gasteiger partial charge is 0.496 e. The van der Waals surface area contributed by atoms with Gasteiger partial charge >= 0.3 is 0 Å². The number of likely N-dealkylation sites (tertiary alicyclic amines) is 1. The van der Waals surface area contributed by atoms with Crippen molar-refractivity contribution in [2.24, 2.45) is 17.0 Å². The van der Waals surface area contributed by atoms with Crippen LogP contribution in [-0.2, 0) is 10.0 Å². The minimum Gasteiger partial charge on any atom is -0.496 e. The van der Waals surface area contributed by atoms with E-state index < -0.39 is 10.0 Å². The van der Waals surface area contributed by atoms with E-state index in [9.17, 15) is 13.2 Å². The third-order valence-corrected chi connectivity index (χ3v) is 5.95. The van der Waals surface area contributed by atoms with Crippen molar-refractivity contribution in [3.63, 3.8) is 0 Å². The predicted octanol–water partition coefficient (Wildman–Crippen LogP) is 0.414. The molecule has 1 aromatic carbocycles. The number of hydrogen-bond donors (Lipinski definition) is 2. The summed E-state index contributed by atoms with van der Waals surface area (Å²) in [6.45, 7) is 3.36. The van der Waals surface area contributed by atoms with E-state index in [1.165, 1.54) is 25.3 Å². The first-order valence-corrected chi connectivity index (χ1v) is 9.65. The molecule has 0 aromatic heterocycles. The number of carbonyl (C=O) groups is 1. The molecule has 2 atom stereocenters. The Labute approximate surface area is 142 Å². The summed E-state index contributed by atoms with van der Waals surface area (Å²) in [5.41, 5.74) is 0.245. The Morgan fingerprint density at radius 1 is 1.25 bits per heavy atom. The fraction of sp³-hybridized carbons (Fsp3) is 0.562. The van der Waals surface area contributed by atoms with Crippen LogP contribution in [0.4, 0.5) is 0 Å². The first-order chi connectivity index (χ1) is 11.4. The minimum atomic E-state index is -3.87. The molecule has 0 radical (unpaired) electrons. The Balaban J connectivity index is 1.86. The first-order valence-electron chi connectivity index (χ1n) is 8.11. The molecular formula is C16H23N3O4S. The van der Waals surface area contributed by atoms with Gasteiger partial charge in [-0.3, -0.25) is 4.79 Å². The zero-order valence-electron chi connectivity index (χ0n) is 13.7. The van der Waals surface area contributed by atoms with Gasteiger partial charge in [0.2, 0.25) is 10.0 Å². The van der Waals surface area contributed by atoms with Gasteiger partial charge in [-0.25, -0.2) is 13.6 Å². The second kappa shape index (κ2) is 6.70. The van der Waals surface area contributed by atoms with E-state index in [4.69, 9.17) is 9.88 Å². The highest BCUT2D eigenvalue weighted by atomic mass is 32.2. The van der Waals surface area contributed by atoms with Gasteiger partial charge in [-0.05, 0) is 56.0 Å². The highest BCUT2D eigenvalue weighted by Gasteiger charge is 2.32. The average molecular weight is 353 g/mol. The maximum absolute atomic E-state index is 12.9. The summed E-state index contributed by atoms with van der Waals surface area (Å²) in [7, 11) is -2.41. The Morgan fingerprint density at radius 2 is 1.88 bits per heavy atom. The van der Waals surface area contributed by atoms with E-state index in [-0.39, 0.29) is 16.4 Å². The number of primary sulfonamides is 1. The minimum absolute atomic E-state index is 0.0810. The molecule has 24 heavy (non-hydrogen) atoms. The molecule has 2 heterocycles. The third-order valence-electron chi connectivity index (χ3n) is 5.04. The number of nitrogens with one attached hydrogen (secondary N) is 1. The number of carbonyl (C=O) groups excluding carboxylic acids is 1. The highest BCUT2D eigenvalue weighted by Crippen LogP contribution is 2.29. The lowest BCUT2D eigenvalue weighted by Gasteiger charge is -2.22. The van der Waals surface area contributed by atoms with Gasteiger partial charge in [0.05, 0.1) is 17.6 Å². The van der Waals surface area contributed by atoms with Crippen LogP contribution in [0.1, 0.15) is 23.2 Å². The lowest BCUT2D eigenvalue weighted by molar-refractivity contribution is 0.0755. The Hall–Kier alpha value is -1.64. The van der Waals surface area contributed by atoms with Crippen molar-refractivity contribution in [2.75, 3.05) is 33.3 Å². The standard InChI is InChI=1S/C16H23N3O4S/c1-23-15-3-2-13(24(17,21)22)8-14(15)16(20)19-6-4-11-9-18-10-12(11)5-7-19/h2-3,8,11-12,18H,4-7,9-10H2,1H3,(H2,17,21,22)/t11-,12+. The third kappa shape index (κ3) is 3.40. The second-order valence-corrected chi connectivity index (χ2v) is 8.02. The van der Waals surface area contributed by atoms with Crippen LogP contribution in [0.15, 0.2) is 23.1 Å². The SMILES string of the molecule is COc1ccc(S(N)(=O)=O)cc1C(=O)N1CC[C@@H]2CNC[C@@H]2CC1. The van der Waals surface area contributed by atoms with Crippen LogP contribution >= 0.6 is 0 Å². The maximum atomic E-state index is 12.9. The van der Waals surface area contributed by atoms with Gasteiger partial charge in [0, 0.05) is 13.1 Å². The zero-order valence-corrected chi connectivity index (χ0v) is 14.5. The van der Waals surface area contributed by atoms with Gasteiger partial charge in [0.1, 0.15) is 5.75 Å². The van der Waals surface area contributed by atoms with Crippen molar-refractivity contribution in [1.82, 2.24) is 10.2 Å². The summed E-state index contributed by atoms with van der Waals surface area (Å²) < 4.78 is 28.4. The fourth-order valence-corrected chi connectivity index (χ4v) is 4.16. The number of nitrogens with zero attached hydrogens (tertiary/aromatic N) is 1. The van der Waals surface area contributed by atoms with Crippen LogP contribution in [0.25, 0.3) is 0 Å². The maximum Gasteiger partial charge on any atom is 0.257 e. The summed E-state index contributed by atoms with van der Waals surface area (Å²) in [6.07, 6.45) is 1.92. The van der Waals surface area contributed by atoms with Crippen molar-refractivity contribution in [2.45, 2.75) is 17.7 Å². The number of sulfonamides is 1. The molecule has 2 fully saturated rings. The van der Waals surface area contributed by atoms with Gasteiger partial charge in [0.25, 0.3) is 5.91 Å². The molecule has 8 heteroatoms. The molecule has 2 aliphatic heterocycles. The number of rotatable bonds is 3. The van der Waals surface area contributed by atoms with Crippen LogP contribution in [0.2, 0.25) is 0 Å². The van der Waals surface area contributed by atoms with E-state index in [2.05, 4.69) is 5.32 Å². The molecule has 0 unspecified atom stereocenters. The Kier molecular flexibility index (Phi) is 4.80. The molecular weight excluding hydrogens is 330 g/mol. The lowest BCUT2D eigenvalue weighted by atomic mass is 9.92. The van der Waals surface area contributed by atoms with E-state index in [1.54, 1.807) is 4.90 Å². The predicted molar refractivity (Wildman–Crippen MR) is 89.4 cm³/mol. The number of hydrogen-bond acceptors (Lipinski definition) is 5. The van der Waals surface area contributed by atoms with E-state index in [0.29, 0.717) is 30.7 Å². The topological polar surface area (TPSA) is 102 Å². The van der Waals surface area contributed by atoms with E-state index >= 15 is 0 Å². The molecule has 3 N–H and O–H groups in total. The molecule has 3 rings (SSSR count). The second-order valence-electron chi connectivity index (χ2n) is 6.46. The molecule has 1 amide bonds. The monoisotopic (exact) mass is 353 g/mol. The molecule has 0 saturated carbocycles. The number of ether oxygens (including phenoxy) is 1. The quantitative estimate of drug-likeness (QED) is 0.820. The molecule has 0 bridgehead atoms. The molecule has 2 saturated heterocycles. The molecule has 132 valence electrons. The van der Waals surface area contributed by atoms with Crippen LogP contribution in [0, 0.1) is 11.8 Å². The smallest absolute Gasteiger partial charge is 0.257 e. The summed E-state index contributed by atoms with van der Waals surface area (Å²) in [5, 5.41) is 8.59. The van der Waals surface area contributed by atoms with Gasteiger partial charge in [-0.15, -0.1) is 0 Å². The number of fused-ring (bicyclic) bond motifs is 1. The average Bonchev–Trinajstić information content (AvgIpc) is 2.91.